The summed E-state index contributed by atoms with van der Waals surface area (Å²) in [5, 5.41) is 30.0. The van der Waals surface area contributed by atoms with Gasteiger partial charge in [-0.15, -0.1) is 0 Å². The van der Waals surface area contributed by atoms with E-state index in [2.05, 4.69) is 34.6 Å². The van der Waals surface area contributed by atoms with Gasteiger partial charge >= 0.3 is 0 Å². The molecule has 1 heterocycles. The molecular formula is C33H55NO6. The first-order chi connectivity index (χ1) is 18.9. The largest absolute Gasteiger partial charge is 0.394 e. The summed E-state index contributed by atoms with van der Waals surface area (Å²) < 4.78 is 12.0. The fourth-order valence-corrected chi connectivity index (χ4v) is 9.92. The Morgan fingerprint density at radius 1 is 1.05 bits per heavy atom. The van der Waals surface area contributed by atoms with Crippen LogP contribution in [-0.2, 0) is 14.3 Å². The highest BCUT2D eigenvalue weighted by atomic mass is 16.7. The van der Waals surface area contributed by atoms with E-state index in [4.69, 9.17) is 15.2 Å². The van der Waals surface area contributed by atoms with Gasteiger partial charge in [0.25, 0.3) is 0 Å². The predicted octanol–water partition coefficient (Wildman–Crippen LogP) is 4.36. The lowest BCUT2D eigenvalue weighted by Gasteiger charge is -2.58. The second kappa shape index (κ2) is 11.7. The van der Waals surface area contributed by atoms with Crippen LogP contribution in [0, 0.1) is 46.3 Å². The minimum atomic E-state index is -1.25. The Kier molecular flexibility index (Phi) is 8.95. The fraction of sp³-hybridized carbons (Fsp3) is 0.909. The Labute approximate surface area is 241 Å². The summed E-state index contributed by atoms with van der Waals surface area (Å²) in [7, 11) is 0. The molecule has 5 rings (SSSR count). The van der Waals surface area contributed by atoms with Gasteiger partial charge in [-0.1, -0.05) is 59.5 Å². The Morgan fingerprint density at radius 3 is 2.50 bits per heavy atom. The van der Waals surface area contributed by atoms with Crippen molar-refractivity contribution in [3.63, 3.8) is 0 Å². The molecule has 228 valence electrons. The molecule has 7 nitrogen and oxygen atoms in total. The summed E-state index contributed by atoms with van der Waals surface area (Å²) in [6.07, 6.45) is 8.61. The molecule has 40 heavy (non-hydrogen) atoms. The third-order valence-electron chi connectivity index (χ3n) is 12.4. The van der Waals surface area contributed by atoms with Crippen LogP contribution in [0.3, 0.4) is 0 Å². The normalized spacial score (nSPS) is 47.9. The molecule has 0 spiro atoms. The molecule has 5 N–H and O–H groups in total. The van der Waals surface area contributed by atoms with Crippen LogP contribution >= 0.6 is 0 Å². The smallest absolute Gasteiger partial charge is 0.176 e. The third kappa shape index (κ3) is 5.26. The van der Waals surface area contributed by atoms with E-state index in [1.165, 1.54) is 44.1 Å². The third-order valence-corrected chi connectivity index (χ3v) is 12.4. The summed E-state index contributed by atoms with van der Waals surface area (Å²) >= 11 is 0. The van der Waals surface area contributed by atoms with Crippen LogP contribution in [0.5, 0.6) is 0 Å². The molecule has 1 saturated heterocycles. The van der Waals surface area contributed by atoms with Gasteiger partial charge in [0.05, 0.1) is 18.8 Å². The summed E-state index contributed by atoms with van der Waals surface area (Å²) in [4.78, 5) is 13.9. The van der Waals surface area contributed by atoms with E-state index < -0.39 is 37.3 Å². The van der Waals surface area contributed by atoms with Gasteiger partial charge in [0.15, 0.2) is 12.1 Å². The molecule has 5 aliphatic rings. The fourth-order valence-electron chi connectivity index (χ4n) is 9.92. The van der Waals surface area contributed by atoms with Gasteiger partial charge in [0.2, 0.25) is 0 Å². The second-order valence-corrected chi connectivity index (χ2v) is 15.0. The van der Waals surface area contributed by atoms with E-state index in [0.717, 1.165) is 37.0 Å². The molecule has 0 aromatic heterocycles. The topological polar surface area (TPSA) is 122 Å². The number of ketones is 1. The number of fused-ring (bicyclic) bond motifs is 5. The van der Waals surface area contributed by atoms with Gasteiger partial charge in [0, 0.05) is 5.92 Å². The van der Waals surface area contributed by atoms with E-state index in [0.29, 0.717) is 24.0 Å². The number of aliphatic hydroxyl groups is 3. The first-order valence-electron chi connectivity index (χ1n) is 16.2. The molecule has 7 heteroatoms. The number of allylic oxidation sites excluding steroid dienone is 1. The van der Waals surface area contributed by atoms with E-state index in [1.54, 1.807) is 0 Å². The van der Waals surface area contributed by atoms with E-state index in [-0.39, 0.29) is 22.9 Å². The number of nitrogens with two attached hydrogens (primary N) is 1. The lowest BCUT2D eigenvalue weighted by Crippen LogP contribution is -2.63. The molecular weight excluding hydrogens is 506 g/mol. The van der Waals surface area contributed by atoms with Gasteiger partial charge < -0.3 is 30.5 Å². The zero-order chi connectivity index (χ0) is 29.0. The zero-order valence-electron chi connectivity index (χ0n) is 25.4. The maximum absolute atomic E-state index is 13.9. The van der Waals surface area contributed by atoms with Gasteiger partial charge in [-0.3, -0.25) is 4.79 Å². The summed E-state index contributed by atoms with van der Waals surface area (Å²) in [6.45, 7) is 11.6. The lowest BCUT2D eigenvalue weighted by atomic mass is 9.46. The molecule has 0 amide bonds. The Morgan fingerprint density at radius 2 is 1.80 bits per heavy atom. The predicted molar refractivity (Wildman–Crippen MR) is 154 cm³/mol. The highest BCUT2D eigenvalue weighted by Gasteiger charge is 2.61. The van der Waals surface area contributed by atoms with Crippen LogP contribution in [0.2, 0.25) is 0 Å². The van der Waals surface area contributed by atoms with Gasteiger partial charge in [-0.2, -0.15) is 0 Å². The molecule has 4 aliphatic carbocycles. The maximum Gasteiger partial charge on any atom is 0.176 e. The molecule has 3 saturated carbocycles. The van der Waals surface area contributed by atoms with Crippen molar-refractivity contribution in [1.29, 1.82) is 0 Å². The zero-order valence-corrected chi connectivity index (χ0v) is 25.4. The van der Waals surface area contributed by atoms with Crippen molar-refractivity contribution in [2.45, 2.75) is 136 Å². The Bertz CT molecular complexity index is 951. The molecule has 1 aliphatic heterocycles. The van der Waals surface area contributed by atoms with Gasteiger partial charge in [-0.05, 0) is 91.4 Å². The van der Waals surface area contributed by atoms with Crippen molar-refractivity contribution in [3.8, 4) is 0 Å². The molecule has 0 aromatic carbocycles. The first-order valence-corrected chi connectivity index (χ1v) is 16.2. The average molecular weight is 562 g/mol. The van der Waals surface area contributed by atoms with E-state index in [1.807, 2.05) is 6.08 Å². The number of carbonyl (C=O) groups excluding carboxylic acids is 1. The van der Waals surface area contributed by atoms with Crippen molar-refractivity contribution in [2.75, 3.05) is 6.61 Å². The van der Waals surface area contributed by atoms with Gasteiger partial charge in [-0.25, -0.2) is 0 Å². The number of carbonyl (C=O) groups is 1. The summed E-state index contributed by atoms with van der Waals surface area (Å²) in [5.74, 6) is 3.53. The highest BCUT2D eigenvalue weighted by molar-refractivity contribution is 5.94. The molecule has 0 bridgehead atoms. The second-order valence-electron chi connectivity index (χ2n) is 15.0. The highest BCUT2D eigenvalue weighted by Crippen LogP contribution is 2.66. The van der Waals surface area contributed by atoms with Crippen LogP contribution in [0.25, 0.3) is 0 Å². The number of ether oxygens (including phenoxy) is 2. The molecule has 4 fully saturated rings. The van der Waals surface area contributed by atoms with E-state index >= 15 is 0 Å². The van der Waals surface area contributed by atoms with Crippen LogP contribution in [0.4, 0.5) is 0 Å². The Hall–Kier alpha value is -0.830. The number of hydrogen-bond acceptors (Lipinski definition) is 7. The van der Waals surface area contributed by atoms with Crippen molar-refractivity contribution in [3.05, 3.63) is 11.6 Å². The van der Waals surface area contributed by atoms with Crippen molar-refractivity contribution in [2.24, 2.45) is 52.1 Å². The number of hydrogen-bond donors (Lipinski definition) is 4. The van der Waals surface area contributed by atoms with Crippen LogP contribution in [0.15, 0.2) is 11.6 Å². The van der Waals surface area contributed by atoms with Crippen molar-refractivity contribution in [1.82, 2.24) is 0 Å². The molecule has 4 unspecified atom stereocenters. The standard InChI is InChI=1S/C33H55NO6/c1-18(2)7-6-8-19(3)22-9-10-23-27-24(12-14-33(22,23)5)32(4)13-11-21(15-20(32)16-25(27)36)39-31-28(34)30(38)29(37)26(17-35)40-31/h16,18-19,21-24,26-31,35,37-38H,6-15,17,34H2,1-5H3/t19-,21?,22-,23?,24?,26-,27?,28-,29-,30-,31+,32+,33-/m1/s1. The summed E-state index contributed by atoms with van der Waals surface area (Å²) in [6, 6.07) is -0.906. The van der Waals surface area contributed by atoms with E-state index in [9.17, 15) is 20.1 Å². The quantitative estimate of drug-likeness (QED) is 0.347. The maximum atomic E-state index is 13.9. The van der Waals surface area contributed by atoms with Crippen molar-refractivity contribution >= 4 is 5.78 Å². The Balaban J connectivity index is 1.28. The van der Waals surface area contributed by atoms with Crippen LogP contribution < -0.4 is 5.73 Å². The van der Waals surface area contributed by atoms with Crippen molar-refractivity contribution < 1.29 is 29.6 Å². The molecule has 0 radical (unpaired) electrons. The number of rotatable bonds is 8. The minimum absolute atomic E-state index is 0.000383. The monoisotopic (exact) mass is 561 g/mol. The number of aliphatic hydroxyl groups excluding tert-OH is 3. The first kappa shape index (κ1) is 30.6. The van der Waals surface area contributed by atoms with Gasteiger partial charge in [0.1, 0.15) is 18.3 Å². The molecule has 13 atom stereocenters. The van der Waals surface area contributed by atoms with Crippen LogP contribution in [0.1, 0.15) is 98.8 Å². The summed E-state index contributed by atoms with van der Waals surface area (Å²) in [5.41, 5.74) is 7.59. The lowest BCUT2D eigenvalue weighted by molar-refractivity contribution is -0.280. The van der Waals surface area contributed by atoms with Crippen LogP contribution in [-0.4, -0.2) is 64.5 Å². The minimum Gasteiger partial charge on any atom is -0.394 e. The SMILES string of the molecule is CC(C)CCC[C@@H](C)[C@H]1CCC2C3C(=O)C=C4CC(O[C@H]5O[C@H](CO)[C@@H](O)[C@H](O)[C@H]5N)CC[C@]4(C)C3CC[C@@]21C. The average Bonchev–Trinajstić information content (AvgIpc) is 3.26. The molecule has 0 aromatic rings.